The van der Waals surface area contributed by atoms with Gasteiger partial charge in [0.05, 0.1) is 48.5 Å². The quantitative estimate of drug-likeness (QED) is 0.170. The van der Waals surface area contributed by atoms with Crippen molar-refractivity contribution >= 4 is 26.1 Å². The minimum Gasteiger partial charge on any atom is -0.0530 e. The summed E-state index contributed by atoms with van der Waals surface area (Å²) in [6.45, 7) is 8.14. The van der Waals surface area contributed by atoms with Gasteiger partial charge in [-0.05, 0) is 166 Å². The van der Waals surface area contributed by atoms with E-state index in [2.05, 4.69) is 26.1 Å². The molecule has 0 bridgehead atoms. The van der Waals surface area contributed by atoms with Crippen molar-refractivity contribution in [3.8, 4) is 0 Å². The van der Waals surface area contributed by atoms with Gasteiger partial charge in [0.2, 0.25) is 0 Å². The average Bonchev–Trinajstić information content (AvgIpc) is 3.09. The fourth-order valence-electron chi connectivity index (χ4n) is 13.1. The van der Waals surface area contributed by atoms with Gasteiger partial charge >= 0.3 is 0 Å². The third kappa shape index (κ3) is 7.80. The van der Waals surface area contributed by atoms with Crippen molar-refractivity contribution in [1.29, 1.82) is 0 Å². The van der Waals surface area contributed by atoms with E-state index in [-0.39, 0.29) is 24.9 Å². The number of halogens is 1. The maximum absolute atomic E-state index is 8.95. The van der Waals surface area contributed by atoms with Crippen molar-refractivity contribution < 1.29 is 19.5 Å². The second-order valence-electron chi connectivity index (χ2n) is 18.3. The van der Waals surface area contributed by atoms with Crippen LogP contribution in [-0.4, -0.2) is 34.0 Å². The number of rotatable bonds is 8. The van der Waals surface area contributed by atoms with E-state index in [0.717, 1.165) is 34.0 Å². The molecule has 0 atom stereocenters. The normalized spacial score (nSPS) is 27.7. The van der Waals surface area contributed by atoms with Crippen LogP contribution in [0.2, 0.25) is 0 Å². The van der Waals surface area contributed by atoms with Crippen LogP contribution < -0.4 is 0 Å². The second kappa shape index (κ2) is 17.8. The largest absolute Gasteiger partial charge is 0.198 e. The van der Waals surface area contributed by atoms with E-state index in [1.54, 1.807) is 43.3 Å². The zero-order chi connectivity index (χ0) is 31.3. The zero-order valence-electron chi connectivity index (χ0n) is 30.8. The molecule has 0 nitrogen and oxygen atoms in total. The Balaban J connectivity index is 0.00000417. The van der Waals surface area contributed by atoms with E-state index in [9.17, 15) is 0 Å². The molecular weight excluding hydrogens is 703 g/mol. The van der Waals surface area contributed by atoms with Crippen molar-refractivity contribution in [2.45, 2.75) is 247 Å². The third-order valence-corrected chi connectivity index (χ3v) is 29.0. The Hall–Kier alpha value is 1.51. The van der Waals surface area contributed by atoms with Crippen molar-refractivity contribution in [2.24, 2.45) is 5.41 Å². The van der Waals surface area contributed by atoms with Crippen LogP contribution in [0.15, 0.2) is 10.1 Å². The SMILES string of the molecule is CC(C)(C)C(=C(Cl)[P+](C1CCCCC1)(C1CCCCC1)C1CCCCC1)[P+](C1CCCCC1)(C1CCCCC1)C1CCCCC1.[Ru]. The summed E-state index contributed by atoms with van der Waals surface area (Å²) in [5.41, 5.74) is 6.04. The van der Waals surface area contributed by atoms with Gasteiger partial charge in [-0.3, -0.25) is 0 Å². The fraction of sp³-hybridized carbons (Fsp3) is 0.952. The molecule has 0 N–H and O–H groups in total. The van der Waals surface area contributed by atoms with Gasteiger partial charge in [-0.15, -0.1) is 0 Å². The van der Waals surface area contributed by atoms with E-state index in [0.29, 0.717) is 0 Å². The van der Waals surface area contributed by atoms with Gasteiger partial charge in [0.15, 0.2) is 4.77 Å². The molecule has 6 aliphatic rings. The van der Waals surface area contributed by atoms with E-state index < -0.39 is 14.5 Å². The maximum Gasteiger partial charge on any atom is 0.198 e. The first-order valence-corrected chi connectivity index (χ1v) is 25.5. The summed E-state index contributed by atoms with van der Waals surface area (Å²) in [6, 6.07) is 0. The van der Waals surface area contributed by atoms with Crippen LogP contribution in [-0.2, 0) is 19.5 Å². The molecule has 0 saturated heterocycles. The number of hydrogen-bond donors (Lipinski definition) is 0. The van der Waals surface area contributed by atoms with Crippen LogP contribution in [0, 0.1) is 5.41 Å². The molecule has 0 spiro atoms. The van der Waals surface area contributed by atoms with E-state index in [1.807, 2.05) is 0 Å². The molecule has 0 aromatic rings. The maximum atomic E-state index is 8.95. The van der Waals surface area contributed by atoms with Crippen molar-refractivity contribution in [2.75, 3.05) is 0 Å². The molecular formula is C42H75ClP2Ru+2. The summed E-state index contributed by atoms with van der Waals surface area (Å²) in [5.74, 6) is 0. The monoisotopic (exact) mass is 778 g/mol. The molecule has 0 unspecified atom stereocenters. The Morgan fingerprint density at radius 3 is 0.761 bits per heavy atom. The Labute approximate surface area is 306 Å². The molecule has 0 aromatic carbocycles. The third-order valence-electron chi connectivity index (χ3n) is 14.7. The first-order valence-electron chi connectivity index (χ1n) is 21.1. The molecule has 0 aromatic heterocycles. The Morgan fingerprint density at radius 2 is 0.565 bits per heavy atom. The van der Waals surface area contributed by atoms with Crippen molar-refractivity contribution in [3.05, 3.63) is 10.1 Å². The summed E-state index contributed by atoms with van der Waals surface area (Å²) in [4.78, 5) is 0. The minimum atomic E-state index is -1.54. The molecule has 6 fully saturated rings. The number of hydrogen-bond acceptors (Lipinski definition) is 0. The van der Waals surface area contributed by atoms with Crippen LogP contribution in [0.1, 0.15) is 213 Å². The van der Waals surface area contributed by atoms with Crippen molar-refractivity contribution in [3.63, 3.8) is 0 Å². The summed E-state index contributed by atoms with van der Waals surface area (Å²) in [6.07, 6.45) is 45.4. The molecule has 0 radical (unpaired) electrons. The summed E-state index contributed by atoms with van der Waals surface area (Å²) in [7, 11) is -3.03. The molecule has 6 aliphatic carbocycles. The summed E-state index contributed by atoms with van der Waals surface area (Å²) < 4.78 is 1.72. The van der Waals surface area contributed by atoms with Crippen LogP contribution in [0.3, 0.4) is 0 Å². The molecule has 0 heterocycles. The van der Waals surface area contributed by atoms with Gasteiger partial charge in [0.1, 0.15) is 5.31 Å². The number of allylic oxidation sites excluding steroid dienone is 1. The van der Waals surface area contributed by atoms with E-state index in [1.165, 1.54) is 154 Å². The van der Waals surface area contributed by atoms with Gasteiger partial charge in [-0.25, -0.2) is 0 Å². The van der Waals surface area contributed by atoms with Gasteiger partial charge in [0.25, 0.3) is 0 Å². The van der Waals surface area contributed by atoms with Gasteiger partial charge in [-0.1, -0.05) is 59.3 Å². The van der Waals surface area contributed by atoms with Crippen molar-refractivity contribution in [1.82, 2.24) is 0 Å². The Kier molecular flexibility index (Phi) is 15.0. The molecule has 266 valence electrons. The van der Waals surface area contributed by atoms with Crippen LogP contribution >= 0.6 is 26.1 Å². The smallest absolute Gasteiger partial charge is 0.0530 e. The van der Waals surface area contributed by atoms with Gasteiger partial charge < -0.3 is 0 Å². The standard InChI is InChI=1S/C42H75ClP2.Ru/c1-42(2,3)40(44(34-22-10-4-11-23-34,35-24-12-5-13-25-35)36-26-14-6-15-27-36)41(43)45(37-28-16-7-17-29-37,38-30-18-8-19-31-38)39-32-20-9-21-33-39;/h34-39H,4-33H2,1-3H3;/q+2;. The topological polar surface area (TPSA) is 0 Å². The van der Waals surface area contributed by atoms with Crippen LogP contribution in [0.4, 0.5) is 0 Å². The first kappa shape index (κ1) is 38.7. The minimum absolute atomic E-state index is 0. The van der Waals surface area contributed by atoms with Gasteiger partial charge in [-0.2, -0.15) is 0 Å². The first-order chi connectivity index (χ1) is 21.9. The molecule has 6 rings (SSSR count). The molecule has 46 heavy (non-hydrogen) atoms. The molecule has 0 amide bonds. The van der Waals surface area contributed by atoms with Crippen LogP contribution in [0.25, 0.3) is 0 Å². The fourth-order valence-corrected chi connectivity index (χ4v) is 31.2. The Morgan fingerprint density at radius 1 is 0.370 bits per heavy atom. The Bertz CT molecular complexity index is 842. The zero-order valence-corrected chi connectivity index (χ0v) is 35.1. The second-order valence-corrected chi connectivity index (χ2v) is 27.6. The van der Waals surface area contributed by atoms with E-state index >= 15 is 0 Å². The predicted octanol–water partition coefficient (Wildman–Crippen LogP) is 15.5. The summed E-state index contributed by atoms with van der Waals surface area (Å²) in [5, 5.41) is 2.07. The van der Waals surface area contributed by atoms with E-state index in [4.69, 9.17) is 11.6 Å². The summed E-state index contributed by atoms with van der Waals surface area (Å²) >= 11 is 8.95. The molecule has 6 saturated carbocycles. The van der Waals surface area contributed by atoms with Crippen LogP contribution in [0.5, 0.6) is 0 Å². The molecule has 0 aliphatic heterocycles. The predicted molar refractivity (Wildman–Crippen MR) is 207 cm³/mol. The van der Waals surface area contributed by atoms with Gasteiger partial charge in [0, 0.05) is 24.9 Å². The average molecular weight is 779 g/mol. The molecule has 4 heteroatoms.